The quantitative estimate of drug-likeness (QED) is 0.749. The molecule has 2 amide bonds. The molecule has 2 rings (SSSR count). The van der Waals surface area contributed by atoms with Gasteiger partial charge in [0.2, 0.25) is 0 Å². The van der Waals surface area contributed by atoms with Crippen LogP contribution < -0.4 is 5.32 Å². The number of amides is 2. The first kappa shape index (κ1) is 20.7. The molecule has 4 nitrogen and oxygen atoms in total. The van der Waals surface area contributed by atoms with Gasteiger partial charge in [-0.1, -0.05) is 52.0 Å². The van der Waals surface area contributed by atoms with Gasteiger partial charge in [-0.05, 0) is 48.6 Å². The maximum absolute atomic E-state index is 13.0. The van der Waals surface area contributed by atoms with Gasteiger partial charge in [0, 0.05) is 29.9 Å². The molecule has 0 aromatic heterocycles. The summed E-state index contributed by atoms with van der Waals surface area (Å²) in [6.45, 7) is 11.8. The Hall–Kier alpha value is -2.62. The van der Waals surface area contributed by atoms with Crippen molar-refractivity contribution in [1.29, 1.82) is 0 Å². The largest absolute Gasteiger partial charge is 0.338 e. The van der Waals surface area contributed by atoms with Gasteiger partial charge in [0.25, 0.3) is 11.8 Å². The van der Waals surface area contributed by atoms with Crippen LogP contribution in [0.5, 0.6) is 0 Å². The summed E-state index contributed by atoms with van der Waals surface area (Å²) in [5, 5.41) is 2.93. The van der Waals surface area contributed by atoms with Gasteiger partial charge in [-0.15, -0.1) is 0 Å². The van der Waals surface area contributed by atoms with Crippen LogP contribution >= 0.6 is 0 Å². The van der Waals surface area contributed by atoms with Crippen molar-refractivity contribution in [3.63, 3.8) is 0 Å². The van der Waals surface area contributed by atoms with E-state index < -0.39 is 0 Å². The van der Waals surface area contributed by atoms with Gasteiger partial charge >= 0.3 is 0 Å². The van der Waals surface area contributed by atoms with Gasteiger partial charge < -0.3 is 10.2 Å². The molecule has 4 heteroatoms. The van der Waals surface area contributed by atoms with Gasteiger partial charge in [0.05, 0.1) is 0 Å². The molecule has 0 saturated heterocycles. The lowest BCUT2D eigenvalue weighted by molar-refractivity contribution is 0.0715. The van der Waals surface area contributed by atoms with E-state index in [9.17, 15) is 9.59 Å². The molecule has 2 aromatic rings. The molecule has 0 saturated carbocycles. The zero-order chi connectivity index (χ0) is 20.0. The van der Waals surface area contributed by atoms with E-state index in [1.165, 1.54) is 0 Å². The number of benzene rings is 2. The number of carbonyl (C=O) groups excluding carboxylic acids is 2. The number of nitrogens with one attached hydrogen (secondary N) is 1. The number of aryl methyl sites for hydroxylation is 1. The second-order valence-electron chi connectivity index (χ2n) is 7.85. The van der Waals surface area contributed by atoms with Gasteiger partial charge in [-0.3, -0.25) is 9.59 Å². The lowest BCUT2D eigenvalue weighted by atomic mass is 10.1. The molecule has 0 bridgehead atoms. The molecule has 2 aromatic carbocycles. The average Bonchev–Trinajstić information content (AvgIpc) is 2.62. The minimum Gasteiger partial charge on any atom is -0.338 e. The Labute approximate surface area is 162 Å². The molecule has 0 aliphatic rings. The Morgan fingerprint density at radius 3 is 2.04 bits per heavy atom. The highest BCUT2D eigenvalue weighted by Crippen LogP contribution is 2.20. The van der Waals surface area contributed by atoms with Crippen LogP contribution in [0.25, 0.3) is 0 Å². The summed E-state index contributed by atoms with van der Waals surface area (Å²) in [7, 11) is 0. The Kier molecular flexibility index (Phi) is 7.17. The van der Waals surface area contributed by atoms with E-state index in [-0.39, 0.29) is 11.8 Å². The number of anilines is 1. The maximum Gasteiger partial charge on any atom is 0.255 e. The van der Waals surface area contributed by atoms with Crippen LogP contribution in [-0.4, -0.2) is 29.8 Å². The third kappa shape index (κ3) is 5.95. The van der Waals surface area contributed by atoms with Crippen LogP contribution in [0.3, 0.4) is 0 Å². The smallest absolute Gasteiger partial charge is 0.255 e. The number of hydrogen-bond donors (Lipinski definition) is 1. The van der Waals surface area contributed by atoms with Crippen molar-refractivity contribution in [2.75, 3.05) is 18.4 Å². The van der Waals surface area contributed by atoms with Crippen molar-refractivity contribution >= 4 is 17.5 Å². The second-order valence-corrected chi connectivity index (χ2v) is 7.85. The van der Waals surface area contributed by atoms with Gasteiger partial charge in [0.15, 0.2) is 0 Å². The summed E-state index contributed by atoms with van der Waals surface area (Å²) in [6.07, 6.45) is 0. The highest BCUT2D eigenvalue weighted by Gasteiger charge is 2.19. The topological polar surface area (TPSA) is 49.4 Å². The fourth-order valence-corrected chi connectivity index (χ4v) is 2.98. The third-order valence-corrected chi connectivity index (χ3v) is 4.23. The average molecular weight is 367 g/mol. The Morgan fingerprint density at radius 1 is 0.889 bits per heavy atom. The fourth-order valence-electron chi connectivity index (χ4n) is 2.98. The highest BCUT2D eigenvalue weighted by molar-refractivity contribution is 6.05. The summed E-state index contributed by atoms with van der Waals surface area (Å²) < 4.78 is 0. The Morgan fingerprint density at radius 2 is 1.48 bits per heavy atom. The minimum atomic E-state index is -0.176. The van der Waals surface area contributed by atoms with Crippen molar-refractivity contribution in [3.8, 4) is 0 Å². The Balaban J connectivity index is 2.24. The van der Waals surface area contributed by atoms with Crippen molar-refractivity contribution in [3.05, 3.63) is 65.2 Å². The molecular weight excluding hydrogens is 336 g/mol. The maximum atomic E-state index is 13.0. The fraction of sp³-hybridized carbons (Fsp3) is 0.391. The van der Waals surface area contributed by atoms with Crippen LogP contribution in [0.1, 0.15) is 54.0 Å². The molecule has 0 atom stereocenters. The van der Waals surface area contributed by atoms with Gasteiger partial charge in [-0.25, -0.2) is 0 Å². The summed E-state index contributed by atoms with van der Waals surface area (Å²) in [5.74, 6) is 0.628. The van der Waals surface area contributed by atoms with Crippen molar-refractivity contribution in [1.82, 2.24) is 4.90 Å². The molecule has 0 aliphatic heterocycles. The molecule has 0 spiro atoms. The molecule has 0 heterocycles. The van der Waals surface area contributed by atoms with E-state index in [1.807, 2.05) is 42.2 Å². The first-order valence-electron chi connectivity index (χ1n) is 9.54. The molecular formula is C23H30N2O2. The summed E-state index contributed by atoms with van der Waals surface area (Å²) >= 11 is 0. The number of nitrogens with zero attached hydrogens (tertiary/aromatic N) is 1. The zero-order valence-corrected chi connectivity index (χ0v) is 17.0. The van der Waals surface area contributed by atoms with Crippen LogP contribution in [0.2, 0.25) is 0 Å². The number of rotatable bonds is 7. The normalized spacial score (nSPS) is 10.9. The predicted octanol–water partition coefficient (Wildman–Crippen LogP) is 5.00. The minimum absolute atomic E-state index is 0.00705. The molecule has 0 aliphatic carbocycles. The van der Waals surface area contributed by atoms with Crippen molar-refractivity contribution in [2.24, 2.45) is 11.8 Å². The third-order valence-electron chi connectivity index (χ3n) is 4.23. The van der Waals surface area contributed by atoms with E-state index >= 15 is 0 Å². The first-order valence-corrected chi connectivity index (χ1v) is 9.54. The molecule has 0 fully saturated rings. The summed E-state index contributed by atoms with van der Waals surface area (Å²) in [6, 6.07) is 14.6. The van der Waals surface area contributed by atoms with Crippen molar-refractivity contribution in [2.45, 2.75) is 34.6 Å². The predicted molar refractivity (Wildman–Crippen MR) is 111 cm³/mol. The van der Waals surface area contributed by atoms with E-state index in [4.69, 9.17) is 0 Å². The molecule has 0 unspecified atom stereocenters. The molecule has 0 radical (unpaired) electrons. The van der Waals surface area contributed by atoms with Crippen LogP contribution in [0.15, 0.2) is 48.5 Å². The van der Waals surface area contributed by atoms with Gasteiger partial charge in [-0.2, -0.15) is 0 Å². The molecule has 144 valence electrons. The number of hydrogen-bond acceptors (Lipinski definition) is 2. The van der Waals surface area contributed by atoms with E-state index in [1.54, 1.807) is 18.2 Å². The van der Waals surface area contributed by atoms with Crippen LogP contribution in [0, 0.1) is 18.8 Å². The van der Waals surface area contributed by atoms with Crippen LogP contribution in [0.4, 0.5) is 5.69 Å². The van der Waals surface area contributed by atoms with E-state index in [0.29, 0.717) is 28.7 Å². The Bertz CT molecular complexity index is 772. The highest BCUT2D eigenvalue weighted by atomic mass is 16.2. The SMILES string of the molecule is Cc1ccc(C(=O)N(CC(C)C)CC(C)C)cc1NC(=O)c1ccccc1. The summed E-state index contributed by atoms with van der Waals surface area (Å²) in [4.78, 5) is 27.4. The van der Waals surface area contributed by atoms with E-state index in [0.717, 1.165) is 18.7 Å². The lowest BCUT2D eigenvalue weighted by Crippen LogP contribution is -2.37. The second kappa shape index (κ2) is 9.36. The van der Waals surface area contributed by atoms with Crippen LogP contribution in [-0.2, 0) is 0 Å². The first-order chi connectivity index (χ1) is 12.8. The lowest BCUT2D eigenvalue weighted by Gasteiger charge is -2.27. The zero-order valence-electron chi connectivity index (χ0n) is 17.0. The standard InChI is InChI=1S/C23H30N2O2/c1-16(2)14-25(15-17(3)4)23(27)20-12-11-18(5)21(13-20)24-22(26)19-9-7-6-8-10-19/h6-13,16-17H,14-15H2,1-5H3,(H,24,26). The summed E-state index contributed by atoms with van der Waals surface area (Å²) in [5.41, 5.74) is 2.79. The van der Waals surface area contributed by atoms with Crippen molar-refractivity contribution < 1.29 is 9.59 Å². The van der Waals surface area contributed by atoms with E-state index in [2.05, 4.69) is 33.0 Å². The van der Waals surface area contributed by atoms with Gasteiger partial charge in [0.1, 0.15) is 0 Å². The number of carbonyl (C=O) groups is 2. The monoisotopic (exact) mass is 366 g/mol. The molecule has 27 heavy (non-hydrogen) atoms. The molecule has 1 N–H and O–H groups in total.